The van der Waals surface area contributed by atoms with Gasteiger partial charge in [-0.2, -0.15) is 5.26 Å². The van der Waals surface area contributed by atoms with Crippen LogP contribution in [0.4, 0.5) is 14.5 Å². The first-order valence-electron chi connectivity index (χ1n) is 5.58. The maximum atomic E-state index is 13.7. The van der Waals surface area contributed by atoms with Crippen LogP contribution in [0.5, 0.6) is 0 Å². The number of carbonyl (C=O) groups excluding carboxylic acids is 1. The third-order valence-corrected chi connectivity index (χ3v) is 2.83. The minimum absolute atomic E-state index is 0.0248. The fourth-order valence-electron chi connectivity index (χ4n) is 1.83. The second kappa shape index (κ2) is 5.20. The highest BCUT2D eigenvalue weighted by Gasteiger charge is 2.29. The molecular formula is C12H11F2N3O2. The number of hydrogen-bond acceptors (Lipinski definition) is 4. The summed E-state index contributed by atoms with van der Waals surface area (Å²) < 4.78 is 32.4. The van der Waals surface area contributed by atoms with Gasteiger partial charge in [-0.05, 0) is 12.1 Å². The fraction of sp³-hybridized carbons (Fsp3) is 0.333. The Morgan fingerprint density at radius 3 is 2.95 bits per heavy atom. The molecule has 2 rings (SSSR count). The van der Waals surface area contributed by atoms with Crippen LogP contribution < -0.4 is 5.73 Å². The van der Waals surface area contributed by atoms with Gasteiger partial charge in [-0.3, -0.25) is 4.79 Å². The van der Waals surface area contributed by atoms with Crippen molar-refractivity contribution in [2.24, 2.45) is 0 Å². The normalized spacial score (nSPS) is 19.0. The number of amides is 1. The monoisotopic (exact) mass is 267 g/mol. The zero-order valence-electron chi connectivity index (χ0n) is 9.90. The topological polar surface area (TPSA) is 79.4 Å². The van der Waals surface area contributed by atoms with E-state index in [0.717, 1.165) is 12.1 Å². The predicted octanol–water partition coefficient (Wildman–Crippen LogP) is 0.912. The molecule has 1 aliphatic heterocycles. The van der Waals surface area contributed by atoms with Gasteiger partial charge in [0.25, 0.3) is 5.91 Å². The number of anilines is 1. The van der Waals surface area contributed by atoms with E-state index in [9.17, 15) is 13.6 Å². The van der Waals surface area contributed by atoms with Gasteiger partial charge in [0.15, 0.2) is 11.9 Å². The van der Waals surface area contributed by atoms with Crippen LogP contribution in [-0.4, -0.2) is 36.6 Å². The molecule has 5 nitrogen and oxygen atoms in total. The molecule has 7 heteroatoms. The van der Waals surface area contributed by atoms with Crippen molar-refractivity contribution in [2.45, 2.75) is 6.10 Å². The van der Waals surface area contributed by atoms with Crippen LogP contribution in [0.25, 0.3) is 0 Å². The molecule has 0 radical (unpaired) electrons. The number of halogens is 2. The summed E-state index contributed by atoms with van der Waals surface area (Å²) in [6, 6.07) is 3.85. The van der Waals surface area contributed by atoms with E-state index in [2.05, 4.69) is 0 Å². The number of nitrogens with two attached hydrogens (primary N) is 1. The van der Waals surface area contributed by atoms with Crippen LogP contribution in [0.2, 0.25) is 0 Å². The molecule has 1 saturated heterocycles. The molecule has 1 aromatic carbocycles. The number of nitrogens with zero attached hydrogens (tertiary/aromatic N) is 2. The number of benzene rings is 1. The molecular weight excluding hydrogens is 256 g/mol. The molecule has 2 N–H and O–H groups in total. The largest absolute Gasteiger partial charge is 0.396 e. The number of morpholine rings is 1. The van der Waals surface area contributed by atoms with Crippen molar-refractivity contribution in [3.8, 4) is 6.07 Å². The lowest BCUT2D eigenvalue weighted by Crippen LogP contribution is -2.45. The van der Waals surface area contributed by atoms with Gasteiger partial charge in [-0.25, -0.2) is 8.78 Å². The van der Waals surface area contributed by atoms with Crippen LogP contribution in [-0.2, 0) is 4.74 Å². The number of rotatable bonds is 1. The lowest BCUT2D eigenvalue weighted by Gasteiger charge is -2.30. The molecule has 0 bridgehead atoms. The molecule has 0 spiro atoms. The number of ether oxygens (including phenoxy) is 1. The van der Waals surface area contributed by atoms with Gasteiger partial charge in [0, 0.05) is 6.54 Å². The average molecular weight is 267 g/mol. The van der Waals surface area contributed by atoms with E-state index < -0.39 is 29.2 Å². The van der Waals surface area contributed by atoms with Crippen molar-refractivity contribution >= 4 is 11.6 Å². The van der Waals surface area contributed by atoms with E-state index in [1.54, 1.807) is 0 Å². The van der Waals surface area contributed by atoms with E-state index >= 15 is 0 Å². The van der Waals surface area contributed by atoms with Crippen molar-refractivity contribution < 1.29 is 18.3 Å². The first kappa shape index (κ1) is 13.2. The summed E-state index contributed by atoms with van der Waals surface area (Å²) in [6.45, 7) is 0.295. The summed E-state index contributed by atoms with van der Waals surface area (Å²) in [4.78, 5) is 13.3. The van der Waals surface area contributed by atoms with E-state index in [0.29, 0.717) is 0 Å². The number of carbonyl (C=O) groups is 1. The lowest BCUT2D eigenvalue weighted by molar-refractivity contribution is 0.00304. The zero-order chi connectivity index (χ0) is 14.0. The predicted molar refractivity (Wildman–Crippen MR) is 62.0 cm³/mol. The van der Waals surface area contributed by atoms with E-state index in [4.69, 9.17) is 15.7 Å². The van der Waals surface area contributed by atoms with Crippen molar-refractivity contribution in [1.82, 2.24) is 4.90 Å². The Balaban J connectivity index is 2.30. The van der Waals surface area contributed by atoms with Crippen molar-refractivity contribution in [1.29, 1.82) is 5.26 Å². The van der Waals surface area contributed by atoms with Gasteiger partial charge in [0.05, 0.1) is 24.9 Å². The van der Waals surface area contributed by atoms with Gasteiger partial charge >= 0.3 is 0 Å². The third-order valence-electron chi connectivity index (χ3n) is 2.83. The molecule has 1 amide bonds. The molecule has 1 aromatic rings. The number of nitriles is 1. The van der Waals surface area contributed by atoms with Crippen molar-refractivity contribution in [3.05, 3.63) is 29.3 Å². The molecule has 0 aromatic heterocycles. The Morgan fingerprint density at radius 2 is 2.26 bits per heavy atom. The Hall–Kier alpha value is -2.20. The van der Waals surface area contributed by atoms with Crippen LogP contribution in [0.3, 0.4) is 0 Å². The highest BCUT2D eigenvalue weighted by molar-refractivity contribution is 5.95. The smallest absolute Gasteiger partial charge is 0.260 e. The van der Waals surface area contributed by atoms with Crippen LogP contribution in [0, 0.1) is 23.0 Å². The maximum Gasteiger partial charge on any atom is 0.260 e. The second-order valence-corrected chi connectivity index (χ2v) is 4.07. The van der Waals surface area contributed by atoms with Crippen LogP contribution in [0.15, 0.2) is 12.1 Å². The lowest BCUT2D eigenvalue weighted by atomic mass is 10.1. The van der Waals surface area contributed by atoms with Gasteiger partial charge in [-0.1, -0.05) is 0 Å². The van der Waals surface area contributed by atoms with Gasteiger partial charge in [0.1, 0.15) is 11.4 Å². The number of nitrogen functional groups attached to an aromatic ring is 1. The summed E-state index contributed by atoms with van der Waals surface area (Å²) in [5, 5.41) is 8.73. The summed E-state index contributed by atoms with van der Waals surface area (Å²) in [5.41, 5.74) is 4.33. The molecule has 0 saturated carbocycles. The minimum Gasteiger partial charge on any atom is -0.396 e. The average Bonchev–Trinajstić information content (AvgIpc) is 2.43. The van der Waals surface area contributed by atoms with Crippen molar-refractivity contribution in [3.63, 3.8) is 0 Å². The highest BCUT2D eigenvalue weighted by Crippen LogP contribution is 2.21. The third kappa shape index (κ3) is 2.48. The second-order valence-electron chi connectivity index (χ2n) is 4.07. The highest BCUT2D eigenvalue weighted by atomic mass is 19.1. The SMILES string of the molecule is N#CC1CN(C(=O)c2c(F)ccc(N)c2F)CCO1. The van der Waals surface area contributed by atoms with Gasteiger partial charge in [0.2, 0.25) is 0 Å². The van der Waals surface area contributed by atoms with E-state index in [1.165, 1.54) is 4.90 Å². The summed E-state index contributed by atoms with van der Waals surface area (Å²) >= 11 is 0. The quantitative estimate of drug-likeness (QED) is 0.767. The summed E-state index contributed by atoms with van der Waals surface area (Å²) in [6.07, 6.45) is -0.787. The Bertz CT molecular complexity index is 557. The molecule has 1 atom stereocenters. The molecule has 1 fully saturated rings. The minimum atomic E-state index is -1.08. The standard InChI is InChI=1S/C12H11F2N3O2/c13-8-1-2-9(16)11(14)10(8)12(18)17-3-4-19-7(5-15)6-17/h1-2,7H,3-4,6,16H2. The summed E-state index contributed by atoms with van der Waals surface area (Å²) in [7, 11) is 0. The van der Waals surface area contributed by atoms with Crippen molar-refractivity contribution in [2.75, 3.05) is 25.4 Å². The van der Waals surface area contributed by atoms with Crippen LogP contribution in [0.1, 0.15) is 10.4 Å². The molecule has 1 heterocycles. The summed E-state index contributed by atoms with van der Waals surface area (Å²) in [5.74, 6) is -2.88. The fourth-order valence-corrected chi connectivity index (χ4v) is 1.83. The van der Waals surface area contributed by atoms with Gasteiger partial charge < -0.3 is 15.4 Å². The Labute approximate surface area is 108 Å². The van der Waals surface area contributed by atoms with E-state index in [1.807, 2.05) is 6.07 Å². The number of hydrogen-bond donors (Lipinski definition) is 1. The molecule has 1 aliphatic rings. The first-order chi connectivity index (χ1) is 9.04. The van der Waals surface area contributed by atoms with E-state index in [-0.39, 0.29) is 25.4 Å². The first-order valence-corrected chi connectivity index (χ1v) is 5.58. The molecule has 1 unspecified atom stereocenters. The molecule has 0 aliphatic carbocycles. The Morgan fingerprint density at radius 1 is 1.53 bits per heavy atom. The molecule has 19 heavy (non-hydrogen) atoms. The van der Waals surface area contributed by atoms with Crippen LogP contribution >= 0.6 is 0 Å². The Kier molecular flexibility index (Phi) is 3.62. The maximum absolute atomic E-state index is 13.7. The zero-order valence-corrected chi connectivity index (χ0v) is 9.90. The molecule has 100 valence electrons. The van der Waals surface area contributed by atoms with Gasteiger partial charge in [-0.15, -0.1) is 0 Å².